The first-order chi connectivity index (χ1) is 7.89. The van der Waals surface area contributed by atoms with E-state index in [2.05, 4.69) is 17.1 Å². The first kappa shape index (κ1) is 13.3. The van der Waals surface area contributed by atoms with Crippen LogP contribution in [0.3, 0.4) is 0 Å². The lowest BCUT2D eigenvalue weighted by Gasteiger charge is -2.37. The number of nitrogens with zero attached hydrogens (tertiary/aromatic N) is 2. The summed E-state index contributed by atoms with van der Waals surface area (Å²) in [6.45, 7) is 8.60. The van der Waals surface area contributed by atoms with Gasteiger partial charge in [0.05, 0.1) is 6.26 Å². The monoisotopic (exact) mass is 261 g/mol. The lowest BCUT2D eigenvalue weighted by atomic mass is 9.89. The van der Waals surface area contributed by atoms with Crippen LogP contribution in [-0.2, 0) is 10.0 Å². The Balaban J connectivity index is 1.83. The summed E-state index contributed by atoms with van der Waals surface area (Å²) in [6, 6.07) is 0. The van der Waals surface area contributed by atoms with E-state index in [0.29, 0.717) is 18.5 Å². The Morgan fingerprint density at radius 3 is 2.35 bits per heavy atom. The van der Waals surface area contributed by atoms with E-state index in [9.17, 15) is 8.42 Å². The second-order valence-electron chi connectivity index (χ2n) is 5.68. The van der Waals surface area contributed by atoms with Gasteiger partial charge in [-0.25, -0.2) is 8.42 Å². The van der Waals surface area contributed by atoms with E-state index in [1.165, 1.54) is 12.7 Å². The number of piperazine rings is 1. The lowest BCUT2D eigenvalue weighted by Crippen LogP contribution is -2.51. The first-order valence-electron chi connectivity index (χ1n) is 6.27. The predicted molar refractivity (Wildman–Crippen MR) is 68.5 cm³/mol. The number of hydrogen-bond donors (Lipinski definition) is 1. The SMILES string of the molecule is CC1(CN2CCN(S(C)(=O)=O)CC2)CCNC1. The molecule has 0 aromatic heterocycles. The van der Waals surface area contributed by atoms with E-state index < -0.39 is 10.0 Å². The Morgan fingerprint density at radius 2 is 1.88 bits per heavy atom. The Bertz CT molecular complexity index is 355. The molecule has 5 nitrogen and oxygen atoms in total. The van der Waals surface area contributed by atoms with E-state index in [-0.39, 0.29) is 0 Å². The largest absolute Gasteiger partial charge is 0.316 e. The topological polar surface area (TPSA) is 52.7 Å². The smallest absolute Gasteiger partial charge is 0.211 e. The van der Waals surface area contributed by atoms with Gasteiger partial charge in [-0.15, -0.1) is 0 Å². The van der Waals surface area contributed by atoms with Gasteiger partial charge in [-0.2, -0.15) is 4.31 Å². The molecule has 2 saturated heterocycles. The molecular formula is C11H23N3O2S. The van der Waals surface area contributed by atoms with Crippen LogP contribution in [0.1, 0.15) is 13.3 Å². The Morgan fingerprint density at radius 1 is 1.24 bits per heavy atom. The molecule has 0 amide bonds. The molecule has 17 heavy (non-hydrogen) atoms. The van der Waals surface area contributed by atoms with Gasteiger partial charge in [-0.3, -0.25) is 0 Å². The molecule has 2 heterocycles. The van der Waals surface area contributed by atoms with Gasteiger partial charge in [0.2, 0.25) is 10.0 Å². The second-order valence-corrected chi connectivity index (χ2v) is 7.66. The third kappa shape index (κ3) is 3.40. The van der Waals surface area contributed by atoms with Crippen molar-refractivity contribution < 1.29 is 8.42 Å². The summed E-state index contributed by atoms with van der Waals surface area (Å²) in [4.78, 5) is 2.40. The Hall–Kier alpha value is -0.170. The van der Waals surface area contributed by atoms with Crippen LogP contribution in [0.15, 0.2) is 0 Å². The molecule has 0 radical (unpaired) electrons. The van der Waals surface area contributed by atoms with Crippen molar-refractivity contribution >= 4 is 10.0 Å². The quantitative estimate of drug-likeness (QED) is 0.748. The van der Waals surface area contributed by atoms with E-state index in [1.54, 1.807) is 4.31 Å². The number of hydrogen-bond acceptors (Lipinski definition) is 4. The molecule has 0 aromatic rings. The van der Waals surface area contributed by atoms with E-state index in [4.69, 9.17) is 0 Å². The van der Waals surface area contributed by atoms with Crippen molar-refractivity contribution in [2.75, 3.05) is 52.1 Å². The Kier molecular flexibility index (Phi) is 3.77. The average molecular weight is 261 g/mol. The normalized spacial score (nSPS) is 33.1. The molecule has 0 aliphatic carbocycles. The number of nitrogens with one attached hydrogen (secondary N) is 1. The molecule has 0 spiro atoms. The summed E-state index contributed by atoms with van der Waals surface area (Å²) in [6.07, 6.45) is 2.52. The Labute approximate surface area is 104 Å². The third-order valence-corrected chi connectivity index (χ3v) is 5.17. The fraction of sp³-hybridized carbons (Fsp3) is 1.00. The van der Waals surface area contributed by atoms with Crippen LogP contribution in [0.2, 0.25) is 0 Å². The third-order valence-electron chi connectivity index (χ3n) is 3.86. The minimum absolute atomic E-state index is 0.368. The molecule has 2 fully saturated rings. The summed E-state index contributed by atoms with van der Waals surface area (Å²) in [5.41, 5.74) is 0.368. The van der Waals surface area contributed by atoms with Crippen molar-refractivity contribution in [2.24, 2.45) is 5.41 Å². The van der Waals surface area contributed by atoms with Crippen molar-refractivity contribution in [3.05, 3.63) is 0 Å². The molecule has 2 aliphatic rings. The zero-order valence-electron chi connectivity index (χ0n) is 10.8. The van der Waals surface area contributed by atoms with Crippen LogP contribution in [0.4, 0.5) is 0 Å². The van der Waals surface area contributed by atoms with Crippen LogP contribution >= 0.6 is 0 Å². The highest BCUT2D eigenvalue weighted by atomic mass is 32.2. The molecule has 0 bridgehead atoms. The van der Waals surface area contributed by atoms with Gasteiger partial charge in [-0.05, 0) is 18.4 Å². The highest BCUT2D eigenvalue weighted by molar-refractivity contribution is 7.88. The maximum atomic E-state index is 11.4. The molecule has 2 aliphatic heterocycles. The minimum Gasteiger partial charge on any atom is -0.316 e. The predicted octanol–water partition coefficient (Wildman–Crippen LogP) is -0.437. The van der Waals surface area contributed by atoms with Crippen LogP contribution in [0.5, 0.6) is 0 Å². The molecular weight excluding hydrogens is 238 g/mol. The molecule has 1 N–H and O–H groups in total. The van der Waals surface area contributed by atoms with Crippen molar-refractivity contribution in [1.29, 1.82) is 0 Å². The zero-order valence-corrected chi connectivity index (χ0v) is 11.6. The van der Waals surface area contributed by atoms with Crippen LogP contribution in [0, 0.1) is 5.41 Å². The highest BCUT2D eigenvalue weighted by Crippen LogP contribution is 2.26. The molecule has 1 unspecified atom stereocenters. The average Bonchev–Trinajstić information content (AvgIpc) is 2.64. The van der Waals surface area contributed by atoms with E-state index >= 15 is 0 Å². The van der Waals surface area contributed by atoms with Crippen LogP contribution in [-0.4, -0.2) is 69.7 Å². The summed E-state index contributed by atoms with van der Waals surface area (Å²) in [5.74, 6) is 0. The zero-order chi connectivity index (χ0) is 12.5. The van der Waals surface area contributed by atoms with Gasteiger partial charge in [0.1, 0.15) is 0 Å². The fourth-order valence-electron chi connectivity index (χ4n) is 2.76. The van der Waals surface area contributed by atoms with Gasteiger partial charge >= 0.3 is 0 Å². The summed E-state index contributed by atoms with van der Waals surface area (Å²) < 4.78 is 24.4. The maximum Gasteiger partial charge on any atom is 0.211 e. The molecule has 100 valence electrons. The van der Waals surface area contributed by atoms with Crippen LogP contribution < -0.4 is 5.32 Å². The standard InChI is InChI=1S/C11H23N3O2S/c1-11(3-4-12-9-11)10-13-5-7-14(8-6-13)17(2,15)16/h12H,3-10H2,1-2H3. The minimum atomic E-state index is -3.00. The van der Waals surface area contributed by atoms with Gasteiger partial charge in [0, 0.05) is 39.3 Å². The first-order valence-corrected chi connectivity index (χ1v) is 8.12. The summed E-state index contributed by atoms with van der Waals surface area (Å²) >= 11 is 0. The summed E-state index contributed by atoms with van der Waals surface area (Å²) in [7, 11) is -3.00. The van der Waals surface area contributed by atoms with Crippen molar-refractivity contribution in [1.82, 2.24) is 14.5 Å². The van der Waals surface area contributed by atoms with Gasteiger partial charge in [0.15, 0.2) is 0 Å². The van der Waals surface area contributed by atoms with Crippen LogP contribution in [0.25, 0.3) is 0 Å². The number of sulfonamides is 1. The van der Waals surface area contributed by atoms with E-state index in [0.717, 1.165) is 32.7 Å². The number of rotatable bonds is 3. The molecule has 2 rings (SSSR count). The second kappa shape index (κ2) is 4.84. The molecule has 1 atom stereocenters. The highest BCUT2D eigenvalue weighted by Gasteiger charge is 2.32. The lowest BCUT2D eigenvalue weighted by molar-refractivity contribution is 0.133. The molecule has 0 saturated carbocycles. The molecule has 6 heteroatoms. The van der Waals surface area contributed by atoms with Gasteiger partial charge in [0.25, 0.3) is 0 Å². The van der Waals surface area contributed by atoms with Gasteiger partial charge in [-0.1, -0.05) is 6.92 Å². The summed E-state index contributed by atoms with van der Waals surface area (Å²) in [5, 5.41) is 3.40. The van der Waals surface area contributed by atoms with Gasteiger partial charge < -0.3 is 10.2 Å². The van der Waals surface area contributed by atoms with Crippen molar-refractivity contribution in [3.63, 3.8) is 0 Å². The fourth-order valence-corrected chi connectivity index (χ4v) is 3.59. The van der Waals surface area contributed by atoms with E-state index in [1.807, 2.05) is 0 Å². The van der Waals surface area contributed by atoms with Crippen molar-refractivity contribution in [3.8, 4) is 0 Å². The maximum absolute atomic E-state index is 11.4. The molecule has 0 aromatic carbocycles. The van der Waals surface area contributed by atoms with Crippen molar-refractivity contribution in [2.45, 2.75) is 13.3 Å².